The van der Waals surface area contributed by atoms with E-state index in [1.165, 1.54) is 6.42 Å². The van der Waals surface area contributed by atoms with Crippen LogP contribution >= 0.6 is 0 Å². The lowest BCUT2D eigenvalue weighted by molar-refractivity contribution is 0.593. The maximum absolute atomic E-state index is 8.74. The first kappa shape index (κ1) is 11.6. The zero-order valence-corrected chi connectivity index (χ0v) is 9.67. The third-order valence-corrected chi connectivity index (χ3v) is 2.69. The molecule has 1 aromatic rings. The van der Waals surface area contributed by atoms with E-state index in [0.717, 1.165) is 23.4 Å². The van der Waals surface area contributed by atoms with Crippen molar-refractivity contribution < 1.29 is 0 Å². The molecule has 80 valence electrons. The first-order valence-corrected chi connectivity index (χ1v) is 5.42. The molecule has 2 nitrogen and oxygen atoms in total. The van der Waals surface area contributed by atoms with Crippen LogP contribution < -0.4 is 5.32 Å². The van der Waals surface area contributed by atoms with Gasteiger partial charge in [-0.1, -0.05) is 20.3 Å². The second kappa shape index (κ2) is 5.41. The molecule has 1 rings (SSSR count). The Balaban J connectivity index is 2.67. The number of hydrogen-bond acceptors (Lipinski definition) is 2. The molecule has 0 fully saturated rings. The summed E-state index contributed by atoms with van der Waals surface area (Å²) in [5, 5.41) is 12.1. The van der Waals surface area contributed by atoms with Crippen LogP contribution in [0.25, 0.3) is 0 Å². The number of anilines is 1. The maximum Gasteiger partial charge on any atom is 0.0991 e. The van der Waals surface area contributed by atoms with Crippen molar-refractivity contribution in [2.45, 2.75) is 27.2 Å². The predicted molar refractivity (Wildman–Crippen MR) is 63.8 cm³/mol. The summed E-state index contributed by atoms with van der Waals surface area (Å²) in [6.45, 7) is 7.44. The van der Waals surface area contributed by atoms with Crippen LogP contribution in [0.1, 0.15) is 31.4 Å². The number of nitrogens with zero attached hydrogens (tertiary/aromatic N) is 1. The first-order chi connectivity index (χ1) is 7.17. The molecule has 1 aromatic carbocycles. The van der Waals surface area contributed by atoms with Crippen molar-refractivity contribution in [1.29, 1.82) is 5.26 Å². The highest BCUT2D eigenvalue weighted by Gasteiger charge is 2.01. The summed E-state index contributed by atoms with van der Waals surface area (Å²) in [6.07, 6.45) is 1.18. The molecule has 0 aromatic heterocycles. The van der Waals surface area contributed by atoms with Crippen LogP contribution in [0.2, 0.25) is 0 Å². The van der Waals surface area contributed by atoms with Gasteiger partial charge in [0.25, 0.3) is 0 Å². The molecule has 0 bridgehead atoms. The molecule has 0 saturated carbocycles. The average Bonchev–Trinajstić information content (AvgIpc) is 2.26. The lowest BCUT2D eigenvalue weighted by atomic mass is 10.1. The quantitative estimate of drug-likeness (QED) is 0.813. The van der Waals surface area contributed by atoms with Gasteiger partial charge in [0, 0.05) is 12.2 Å². The predicted octanol–water partition coefficient (Wildman–Crippen LogP) is 3.32. The Bertz CT molecular complexity index is 363. The maximum atomic E-state index is 8.74. The highest BCUT2D eigenvalue weighted by molar-refractivity contribution is 5.54. The Labute approximate surface area is 91.9 Å². The molecule has 1 N–H and O–H groups in total. The molecule has 1 unspecified atom stereocenters. The minimum atomic E-state index is 0.681. The lowest BCUT2D eigenvalue weighted by Crippen LogP contribution is -2.10. The number of benzene rings is 1. The summed E-state index contributed by atoms with van der Waals surface area (Å²) in [6, 6.07) is 7.89. The van der Waals surface area contributed by atoms with Crippen LogP contribution in [-0.2, 0) is 0 Å². The van der Waals surface area contributed by atoms with E-state index in [9.17, 15) is 0 Å². The number of hydrogen-bond donors (Lipinski definition) is 1. The van der Waals surface area contributed by atoms with Gasteiger partial charge in [-0.3, -0.25) is 0 Å². The van der Waals surface area contributed by atoms with Crippen LogP contribution in [0.15, 0.2) is 18.2 Å². The second-order valence-corrected chi connectivity index (χ2v) is 4.04. The van der Waals surface area contributed by atoms with E-state index in [0.29, 0.717) is 5.92 Å². The fourth-order valence-corrected chi connectivity index (χ4v) is 1.36. The van der Waals surface area contributed by atoms with E-state index in [1.54, 1.807) is 0 Å². The van der Waals surface area contributed by atoms with E-state index in [1.807, 2.05) is 25.1 Å². The number of rotatable bonds is 4. The van der Waals surface area contributed by atoms with Crippen molar-refractivity contribution in [1.82, 2.24) is 0 Å². The molecule has 0 aliphatic rings. The Morgan fingerprint density at radius 3 is 2.73 bits per heavy atom. The van der Waals surface area contributed by atoms with Gasteiger partial charge in [-0.2, -0.15) is 5.26 Å². The van der Waals surface area contributed by atoms with Crippen LogP contribution in [-0.4, -0.2) is 6.54 Å². The molecule has 0 spiro atoms. The molecule has 0 saturated heterocycles. The Kier molecular flexibility index (Phi) is 4.17. The molecular formula is C13H18N2. The summed E-state index contributed by atoms with van der Waals surface area (Å²) in [4.78, 5) is 0. The topological polar surface area (TPSA) is 35.8 Å². The highest BCUT2D eigenvalue weighted by atomic mass is 14.9. The molecule has 0 aliphatic carbocycles. The molecule has 0 amide bonds. The number of aryl methyl sites for hydroxylation is 1. The van der Waals surface area contributed by atoms with Gasteiger partial charge in [0.1, 0.15) is 0 Å². The van der Waals surface area contributed by atoms with Gasteiger partial charge < -0.3 is 5.32 Å². The van der Waals surface area contributed by atoms with Crippen LogP contribution in [0.3, 0.4) is 0 Å². The minimum Gasteiger partial charge on any atom is -0.385 e. The normalized spacial score (nSPS) is 11.9. The van der Waals surface area contributed by atoms with Gasteiger partial charge in [-0.05, 0) is 36.6 Å². The van der Waals surface area contributed by atoms with Crippen LogP contribution in [0.5, 0.6) is 0 Å². The summed E-state index contributed by atoms with van der Waals surface area (Å²) >= 11 is 0. The van der Waals surface area contributed by atoms with E-state index in [2.05, 4.69) is 25.2 Å². The SMILES string of the molecule is CCC(C)CNc1ccc(C#N)cc1C. The van der Waals surface area contributed by atoms with Gasteiger partial charge in [-0.15, -0.1) is 0 Å². The Morgan fingerprint density at radius 2 is 2.20 bits per heavy atom. The molecule has 0 radical (unpaired) electrons. The van der Waals surface area contributed by atoms with E-state index in [4.69, 9.17) is 5.26 Å². The van der Waals surface area contributed by atoms with Crippen LogP contribution in [0.4, 0.5) is 5.69 Å². The molecule has 0 heterocycles. The van der Waals surface area contributed by atoms with E-state index >= 15 is 0 Å². The van der Waals surface area contributed by atoms with Crippen molar-refractivity contribution in [3.05, 3.63) is 29.3 Å². The fourth-order valence-electron chi connectivity index (χ4n) is 1.36. The minimum absolute atomic E-state index is 0.681. The van der Waals surface area contributed by atoms with Crippen molar-refractivity contribution in [2.24, 2.45) is 5.92 Å². The number of nitriles is 1. The monoisotopic (exact) mass is 202 g/mol. The van der Waals surface area contributed by atoms with Crippen molar-refractivity contribution >= 4 is 5.69 Å². The van der Waals surface area contributed by atoms with Crippen molar-refractivity contribution in [3.63, 3.8) is 0 Å². The first-order valence-electron chi connectivity index (χ1n) is 5.42. The standard InChI is InChI=1S/C13H18N2/c1-4-10(2)9-15-13-6-5-12(8-14)7-11(13)3/h5-7,10,15H,4,9H2,1-3H3. The van der Waals surface area contributed by atoms with Gasteiger partial charge in [-0.25, -0.2) is 0 Å². The summed E-state index contributed by atoms with van der Waals surface area (Å²) in [5.74, 6) is 0.681. The summed E-state index contributed by atoms with van der Waals surface area (Å²) in [5.41, 5.74) is 2.99. The molecule has 2 heteroatoms. The smallest absolute Gasteiger partial charge is 0.0991 e. The lowest BCUT2D eigenvalue weighted by Gasteiger charge is -2.13. The molecule has 1 atom stereocenters. The largest absolute Gasteiger partial charge is 0.385 e. The van der Waals surface area contributed by atoms with Gasteiger partial charge in [0.05, 0.1) is 11.6 Å². The van der Waals surface area contributed by atoms with Crippen molar-refractivity contribution in [2.75, 3.05) is 11.9 Å². The highest BCUT2D eigenvalue weighted by Crippen LogP contribution is 2.16. The van der Waals surface area contributed by atoms with Gasteiger partial charge >= 0.3 is 0 Å². The average molecular weight is 202 g/mol. The second-order valence-electron chi connectivity index (χ2n) is 4.04. The third-order valence-electron chi connectivity index (χ3n) is 2.69. The Morgan fingerprint density at radius 1 is 1.47 bits per heavy atom. The third kappa shape index (κ3) is 3.28. The molecular weight excluding hydrogens is 184 g/mol. The van der Waals surface area contributed by atoms with Crippen molar-refractivity contribution in [3.8, 4) is 6.07 Å². The fraction of sp³-hybridized carbons (Fsp3) is 0.462. The summed E-state index contributed by atoms with van der Waals surface area (Å²) < 4.78 is 0. The molecule has 0 aliphatic heterocycles. The zero-order chi connectivity index (χ0) is 11.3. The van der Waals surface area contributed by atoms with Crippen LogP contribution in [0, 0.1) is 24.2 Å². The Hall–Kier alpha value is -1.49. The summed E-state index contributed by atoms with van der Waals surface area (Å²) in [7, 11) is 0. The zero-order valence-electron chi connectivity index (χ0n) is 9.67. The number of nitrogens with one attached hydrogen (secondary N) is 1. The molecule has 15 heavy (non-hydrogen) atoms. The van der Waals surface area contributed by atoms with E-state index < -0.39 is 0 Å². The van der Waals surface area contributed by atoms with Gasteiger partial charge in [0.2, 0.25) is 0 Å². The van der Waals surface area contributed by atoms with E-state index in [-0.39, 0.29) is 0 Å². The van der Waals surface area contributed by atoms with Gasteiger partial charge in [0.15, 0.2) is 0 Å².